The van der Waals surface area contributed by atoms with Crippen LogP contribution in [-0.2, 0) is 4.74 Å². The van der Waals surface area contributed by atoms with Gasteiger partial charge in [0.15, 0.2) is 11.5 Å². The molecule has 0 aliphatic heterocycles. The molecule has 7 heteroatoms. The van der Waals surface area contributed by atoms with E-state index in [2.05, 4.69) is 15.2 Å². The van der Waals surface area contributed by atoms with Crippen LogP contribution in [0, 0.1) is 12.7 Å². The zero-order chi connectivity index (χ0) is 17.1. The summed E-state index contributed by atoms with van der Waals surface area (Å²) in [6.45, 7) is 3.82. The molecule has 24 heavy (non-hydrogen) atoms. The number of fused-ring (bicyclic) bond motifs is 1. The second kappa shape index (κ2) is 6.57. The van der Waals surface area contributed by atoms with Crippen LogP contribution in [-0.4, -0.2) is 22.0 Å². The molecule has 0 N–H and O–H groups in total. The smallest absolute Gasteiger partial charge is 0.360 e. The summed E-state index contributed by atoms with van der Waals surface area (Å²) < 4.78 is 19.9. The van der Waals surface area contributed by atoms with Gasteiger partial charge in [0.05, 0.1) is 12.3 Å². The lowest BCUT2D eigenvalue weighted by Gasteiger charge is -2.00. The molecule has 0 saturated carbocycles. The molecule has 0 atom stereocenters. The largest absolute Gasteiger partial charge is 0.461 e. The Morgan fingerprint density at radius 1 is 1.29 bits per heavy atom. The van der Waals surface area contributed by atoms with Crippen molar-refractivity contribution in [3.8, 4) is 0 Å². The van der Waals surface area contributed by atoms with Crippen LogP contribution in [0.3, 0.4) is 0 Å². The zero-order valence-electron chi connectivity index (χ0n) is 13.2. The number of benzene rings is 1. The summed E-state index contributed by atoms with van der Waals surface area (Å²) in [6, 6.07) is 9.42. The third kappa shape index (κ3) is 3.01. The molecule has 0 radical (unpaired) electrons. The van der Waals surface area contributed by atoms with Crippen molar-refractivity contribution in [2.45, 2.75) is 13.8 Å². The van der Waals surface area contributed by atoms with E-state index in [-0.39, 0.29) is 18.1 Å². The maximum absolute atomic E-state index is 13.3. The van der Waals surface area contributed by atoms with Crippen molar-refractivity contribution in [3.63, 3.8) is 0 Å². The number of carbonyl (C=O) groups is 1. The maximum Gasteiger partial charge on any atom is 0.360 e. The van der Waals surface area contributed by atoms with E-state index >= 15 is 0 Å². The topological polar surface area (TPSA) is 68.3 Å². The molecular formula is C17H15FN4O2. The minimum Gasteiger partial charge on any atom is -0.461 e. The predicted octanol–water partition coefficient (Wildman–Crippen LogP) is 4.37. The van der Waals surface area contributed by atoms with Crippen LogP contribution in [0.1, 0.15) is 23.0 Å². The molecule has 3 aromatic rings. The highest BCUT2D eigenvalue weighted by Crippen LogP contribution is 2.26. The minimum atomic E-state index is -0.575. The van der Waals surface area contributed by atoms with Gasteiger partial charge in [-0.15, -0.1) is 10.2 Å². The number of nitrogens with zero attached hydrogens (tertiary/aromatic N) is 4. The van der Waals surface area contributed by atoms with Gasteiger partial charge in [-0.3, -0.25) is 4.40 Å². The number of pyridine rings is 1. The van der Waals surface area contributed by atoms with Gasteiger partial charge >= 0.3 is 5.97 Å². The first-order chi connectivity index (χ1) is 11.6. The Hall–Kier alpha value is -3.09. The van der Waals surface area contributed by atoms with Crippen LogP contribution in [0.5, 0.6) is 0 Å². The fourth-order valence-corrected chi connectivity index (χ4v) is 2.27. The summed E-state index contributed by atoms with van der Waals surface area (Å²) in [6.07, 6.45) is 1.73. The van der Waals surface area contributed by atoms with Gasteiger partial charge in [0.2, 0.25) is 0 Å². The van der Waals surface area contributed by atoms with Crippen molar-refractivity contribution >= 4 is 23.1 Å². The summed E-state index contributed by atoms with van der Waals surface area (Å²) in [5.41, 5.74) is 1.89. The highest BCUT2D eigenvalue weighted by Gasteiger charge is 2.21. The second-order valence-electron chi connectivity index (χ2n) is 5.07. The van der Waals surface area contributed by atoms with Crippen molar-refractivity contribution in [2.75, 3.05) is 6.61 Å². The molecule has 0 fully saturated rings. The number of hydrogen-bond acceptors (Lipinski definition) is 5. The molecule has 2 heterocycles. The first-order valence-electron chi connectivity index (χ1n) is 7.42. The van der Waals surface area contributed by atoms with Gasteiger partial charge < -0.3 is 4.74 Å². The number of aromatic nitrogens is 2. The first-order valence-corrected chi connectivity index (χ1v) is 7.42. The average Bonchev–Trinajstić information content (AvgIpc) is 2.93. The fraction of sp³-hybridized carbons (Fsp3) is 0.176. The Kier molecular flexibility index (Phi) is 4.33. The lowest BCUT2D eigenvalue weighted by atomic mass is 10.3. The van der Waals surface area contributed by atoms with E-state index in [1.165, 1.54) is 18.2 Å². The molecule has 0 aliphatic carbocycles. The van der Waals surface area contributed by atoms with Crippen molar-refractivity contribution < 1.29 is 13.9 Å². The highest BCUT2D eigenvalue weighted by atomic mass is 19.1. The number of halogens is 1. The SMILES string of the molecule is CCOC(=O)c1nc2c(C)cccn2c1N=Nc1cccc(F)c1. The summed E-state index contributed by atoms with van der Waals surface area (Å²) >= 11 is 0. The Bertz CT molecular complexity index is 933. The van der Waals surface area contributed by atoms with Crippen LogP contribution in [0.2, 0.25) is 0 Å². The zero-order valence-corrected chi connectivity index (χ0v) is 13.2. The van der Waals surface area contributed by atoms with Crippen LogP contribution < -0.4 is 0 Å². The van der Waals surface area contributed by atoms with Gasteiger partial charge in [-0.05, 0) is 37.6 Å². The third-order valence-electron chi connectivity index (χ3n) is 3.36. The van der Waals surface area contributed by atoms with Crippen molar-refractivity contribution in [1.29, 1.82) is 0 Å². The van der Waals surface area contributed by atoms with E-state index in [4.69, 9.17) is 4.74 Å². The predicted molar refractivity (Wildman–Crippen MR) is 86.5 cm³/mol. The Morgan fingerprint density at radius 2 is 2.12 bits per heavy atom. The van der Waals surface area contributed by atoms with E-state index in [0.717, 1.165) is 5.56 Å². The Morgan fingerprint density at radius 3 is 2.88 bits per heavy atom. The molecule has 1 aromatic carbocycles. The van der Waals surface area contributed by atoms with Crippen LogP contribution >= 0.6 is 0 Å². The van der Waals surface area contributed by atoms with Gasteiger partial charge in [-0.1, -0.05) is 12.1 Å². The van der Waals surface area contributed by atoms with E-state index in [0.29, 0.717) is 11.3 Å². The summed E-state index contributed by atoms with van der Waals surface area (Å²) in [4.78, 5) is 16.5. The molecule has 6 nitrogen and oxygen atoms in total. The van der Waals surface area contributed by atoms with Crippen molar-refractivity contribution in [3.05, 3.63) is 59.7 Å². The number of aryl methyl sites for hydroxylation is 1. The molecule has 0 spiro atoms. The lowest BCUT2D eigenvalue weighted by Crippen LogP contribution is -2.05. The molecule has 0 unspecified atom stereocenters. The molecule has 122 valence electrons. The quantitative estimate of drug-likeness (QED) is 0.528. The maximum atomic E-state index is 13.3. The lowest BCUT2D eigenvalue weighted by molar-refractivity contribution is 0.0521. The highest BCUT2D eigenvalue weighted by molar-refractivity contribution is 5.93. The van der Waals surface area contributed by atoms with E-state index in [1.54, 1.807) is 23.6 Å². The third-order valence-corrected chi connectivity index (χ3v) is 3.36. The van der Waals surface area contributed by atoms with Crippen LogP contribution in [0.25, 0.3) is 5.65 Å². The van der Waals surface area contributed by atoms with Crippen LogP contribution in [0.4, 0.5) is 15.9 Å². The monoisotopic (exact) mass is 326 g/mol. The summed E-state index contributed by atoms with van der Waals surface area (Å²) in [5.74, 6) is -0.740. The second-order valence-corrected chi connectivity index (χ2v) is 5.07. The average molecular weight is 326 g/mol. The van der Waals surface area contributed by atoms with Gasteiger partial charge in [-0.2, -0.15) is 0 Å². The molecule has 0 aliphatic rings. The number of hydrogen-bond donors (Lipinski definition) is 0. The molecule has 0 amide bonds. The molecular weight excluding hydrogens is 311 g/mol. The van der Waals surface area contributed by atoms with E-state index in [9.17, 15) is 9.18 Å². The standard InChI is InChI=1S/C17H15FN4O2/c1-3-24-17(23)14-16(21-20-13-8-4-7-12(18)10-13)22-9-5-6-11(2)15(22)19-14/h4-10H,3H2,1-2H3. The van der Waals surface area contributed by atoms with E-state index in [1.807, 2.05) is 19.1 Å². The molecule has 0 bridgehead atoms. The Labute approximate surface area is 137 Å². The summed E-state index contributed by atoms with van der Waals surface area (Å²) in [5, 5.41) is 8.12. The minimum absolute atomic E-state index is 0.0753. The van der Waals surface area contributed by atoms with Crippen molar-refractivity contribution in [2.24, 2.45) is 10.2 Å². The number of esters is 1. The number of rotatable bonds is 4. The number of imidazole rings is 1. The van der Waals surface area contributed by atoms with Gasteiger partial charge in [0, 0.05) is 12.3 Å². The van der Waals surface area contributed by atoms with Gasteiger partial charge in [0.1, 0.15) is 11.5 Å². The fourth-order valence-electron chi connectivity index (χ4n) is 2.27. The van der Waals surface area contributed by atoms with Crippen molar-refractivity contribution in [1.82, 2.24) is 9.38 Å². The number of carbonyl (C=O) groups excluding carboxylic acids is 1. The Balaban J connectivity index is 2.12. The van der Waals surface area contributed by atoms with Gasteiger partial charge in [-0.25, -0.2) is 14.2 Å². The number of azo groups is 1. The van der Waals surface area contributed by atoms with Crippen LogP contribution in [0.15, 0.2) is 52.8 Å². The first kappa shape index (κ1) is 15.8. The normalized spacial score (nSPS) is 11.3. The van der Waals surface area contributed by atoms with E-state index < -0.39 is 11.8 Å². The summed E-state index contributed by atoms with van der Waals surface area (Å²) in [7, 11) is 0. The molecule has 2 aromatic heterocycles. The number of ether oxygens (including phenoxy) is 1. The molecule has 3 rings (SSSR count). The molecule has 0 saturated heterocycles. The van der Waals surface area contributed by atoms with Gasteiger partial charge in [0.25, 0.3) is 0 Å².